The van der Waals surface area contributed by atoms with Crippen LogP contribution in [0.15, 0.2) is 41.8 Å². The fourth-order valence-electron chi connectivity index (χ4n) is 1.67. The highest BCUT2D eigenvalue weighted by Crippen LogP contribution is 2.20. The maximum absolute atomic E-state index is 10.9. The van der Waals surface area contributed by atoms with Crippen molar-refractivity contribution in [1.29, 1.82) is 0 Å². The Morgan fingerprint density at radius 2 is 1.95 bits per heavy atom. The van der Waals surface area contributed by atoms with Crippen molar-refractivity contribution in [3.8, 4) is 0 Å². The Balaban J connectivity index is 1.88. The van der Waals surface area contributed by atoms with Crippen LogP contribution in [0.5, 0.6) is 0 Å². The number of rotatable bonds is 5. The van der Waals surface area contributed by atoms with Crippen molar-refractivity contribution >= 4 is 28.6 Å². The van der Waals surface area contributed by atoms with Crippen molar-refractivity contribution in [3.63, 3.8) is 0 Å². The summed E-state index contributed by atoms with van der Waals surface area (Å²) in [4.78, 5) is 11.8. The number of amides is 1. The smallest absolute Gasteiger partial charge is 0.221 e. The van der Waals surface area contributed by atoms with Crippen molar-refractivity contribution in [3.05, 3.63) is 46.7 Å². The molecule has 2 rings (SSSR count). The SMILES string of the molecule is CC(=O)Nc1ccc(NCC(O)c2cccs2)cc1. The molecule has 0 aliphatic carbocycles. The van der Waals surface area contributed by atoms with Crippen molar-refractivity contribution in [1.82, 2.24) is 0 Å². The molecule has 2 aromatic rings. The van der Waals surface area contributed by atoms with E-state index in [0.717, 1.165) is 16.3 Å². The number of hydrogen-bond donors (Lipinski definition) is 3. The minimum Gasteiger partial charge on any atom is -0.386 e. The van der Waals surface area contributed by atoms with Gasteiger partial charge in [0.1, 0.15) is 6.10 Å². The Labute approximate surface area is 116 Å². The monoisotopic (exact) mass is 276 g/mol. The van der Waals surface area contributed by atoms with Gasteiger partial charge >= 0.3 is 0 Å². The minimum absolute atomic E-state index is 0.0890. The van der Waals surface area contributed by atoms with E-state index in [-0.39, 0.29) is 5.91 Å². The zero-order chi connectivity index (χ0) is 13.7. The molecule has 0 saturated heterocycles. The number of anilines is 2. The van der Waals surface area contributed by atoms with Gasteiger partial charge in [-0.1, -0.05) is 6.07 Å². The Morgan fingerprint density at radius 1 is 1.26 bits per heavy atom. The van der Waals surface area contributed by atoms with Crippen molar-refractivity contribution in [2.75, 3.05) is 17.2 Å². The lowest BCUT2D eigenvalue weighted by Gasteiger charge is -2.11. The van der Waals surface area contributed by atoms with E-state index in [4.69, 9.17) is 0 Å². The van der Waals surface area contributed by atoms with Gasteiger partial charge in [0.25, 0.3) is 0 Å². The van der Waals surface area contributed by atoms with Crippen LogP contribution in [0, 0.1) is 0 Å². The number of thiophene rings is 1. The first kappa shape index (κ1) is 13.6. The van der Waals surface area contributed by atoms with Crippen LogP contribution < -0.4 is 10.6 Å². The standard InChI is InChI=1S/C14H16N2O2S/c1-10(17)16-12-6-4-11(5-7-12)15-9-13(18)14-3-2-8-19-14/h2-8,13,15,18H,9H2,1H3,(H,16,17). The Morgan fingerprint density at radius 3 is 2.53 bits per heavy atom. The Bertz CT molecular complexity index is 523. The molecule has 0 saturated carbocycles. The van der Waals surface area contributed by atoms with Crippen LogP contribution in [0.25, 0.3) is 0 Å². The number of carbonyl (C=O) groups excluding carboxylic acids is 1. The highest BCUT2D eigenvalue weighted by molar-refractivity contribution is 7.10. The topological polar surface area (TPSA) is 61.4 Å². The third kappa shape index (κ3) is 4.08. The average Bonchev–Trinajstić information content (AvgIpc) is 2.91. The highest BCUT2D eigenvalue weighted by Gasteiger charge is 2.07. The predicted molar refractivity (Wildman–Crippen MR) is 78.5 cm³/mol. The van der Waals surface area contributed by atoms with E-state index in [1.807, 2.05) is 41.8 Å². The van der Waals surface area contributed by atoms with Gasteiger partial charge in [-0.15, -0.1) is 11.3 Å². The van der Waals surface area contributed by atoms with Gasteiger partial charge in [0.15, 0.2) is 0 Å². The van der Waals surface area contributed by atoms with E-state index in [9.17, 15) is 9.90 Å². The van der Waals surface area contributed by atoms with Gasteiger partial charge in [0.2, 0.25) is 5.91 Å². The van der Waals surface area contributed by atoms with Gasteiger partial charge in [-0.3, -0.25) is 4.79 Å². The van der Waals surface area contributed by atoms with Gasteiger partial charge in [-0.25, -0.2) is 0 Å². The third-order valence-corrected chi connectivity index (χ3v) is 3.55. The molecular weight excluding hydrogens is 260 g/mol. The van der Waals surface area contributed by atoms with E-state index < -0.39 is 6.10 Å². The number of carbonyl (C=O) groups is 1. The second-order valence-electron chi connectivity index (χ2n) is 4.17. The summed E-state index contributed by atoms with van der Waals surface area (Å²) in [6.07, 6.45) is -0.505. The first-order valence-corrected chi connectivity index (χ1v) is 6.86. The van der Waals surface area contributed by atoms with E-state index in [1.165, 1.54) is 18.3 Å². The van der Waals surface area contributed by atoms with Gasteiger partial charge in [0.05, 0.1) is 0 Å². The fraction of sp³-hybridized carbons (Fsp3) is 0.214. The molecule has 1 unspecified atom stereocenters. The predicted octanol–water partition coefficient (Wildman–Crippen LogP) is 2.85. The van der Waals surface area contributed by atoms with E-state index in [2.05, 4.69) is 10.6 Å². The van der Waals surface area contributed by atoms with Gasteiger partial charge in [-0.2, -0.15) is 0 Å². The molecule has 100 valence electrons. The largest absolute Gasteiger partial charge is 0.386 e. The first-order valence-electron chi connectivity index (χ1n) is 5.98. The third-order valence-electron chi connectivity index (χ3n) is 2.58. The lowest BCUT2D eigenvalue weighted by atomic mass is 10.2. The van der Waals surface area contributed by atoms with Crippen molar-refractivity contribution < 1.29 is 9.90 Å². The second kappa shape index (κ2) is 6.36. The quantitative estimate of drug-likeness (QED) is 0.787. The molecule has 1 amide bonds. The normalized spacial score (nSPS) is 11.9. The van der Waals surface area contributed by atoms with Crippen LogP contribution >= 0.6 is 11.3 Å². The summed E-state index contributed by atoms with van der Waals surface area (Å²) in [5, 5.41) is 17.7. The summed E-state index contributed by atoms with van der Waals surface area (Å²) < 4.78 is 0. The van der Waals surface area contributed by atoms with Crippen LogP contribution in [0.4, 0.5) is 11.4 Å². The fourth-order valence-corrected chi connectivity index (χ4v) is 2.38. The number of aliphatic hydroxyl groups excluding tert-OH is 1. The molecule has 1 heterocycles. The van der Waals surface area contributed by atoms with Gasteiger partial charge in [0, 0.05) is 29.7 Å². The van der Waals surface area contributed by atoms with Crippen LogP contribution in [-0.2, 0) is 4.79 Å². The number of nitrogens with one attached hydrogen (secondary N) is 2. The Hall–Kier alpha value is -1.85. The summed E-state index contributed by atoms with van der Waals surface area (Å²) >= 11 is 1.54. The molecule has 0 fully saturated rings. The zero-order valence-corrected chi connectivity index (χ0v) is 11.4. The van der Waals surface area contributed by atoms with Gasteiger partial charge < -0.3 is 15.7 Å². The minimum atomic E-state index is -0.505. The summed E-state index contributed by atoms with van der Waals surface area (Å²) in [6, 6.07) is 11.2. The molecule has 0 aliphatic rings. The van der Waals surface area contributed by atoms with Crippen LogP contribution in [0.1, 0.15) is 17.9 Å². The molecule has 1 atom stereocenters. The number of benzene rings is 1. The zero-order valence-electron chi connectivity index (χ0n) is 10.6. The molecule has 0 spiro atoms. The van der Waals surface area contributed by atoms with Crippen LogP contribution in [0.3, 0.4) is 0 Å². The first-order chi connectivity index (χ1) is 9.15. The van der Waals surface area contributed by atoms with Gasteiger partial charge in [-0.05, 0) is 35.7 Å². The molecule has 1 aromatic carbocycles. The molecule has 0 bridgehead atoms. The molecular formula is C14H16N2O2S. The summed E-state index contributed by atoms with van der Waals surface area (Å²) in [6.45, 7) is 1.93. The maximum Gasteiger partial charge on any atom is 0.221 e. The summed E-state index contributed by atoms with van der Waals surface area (Å²) in [5.41, 5.74) is 1.67. The molecule has 4 nitrogen and oxygen atoms in total. The molecule has 3 N–H and O–H groups in total. The second-order valence-corrected chi connectivity index (χ2v) is 5.15. The maximum atomic E-state index is 10.9. The number of aliphatic hydroxyl groups is 1. The van der Waals surface area contributed by atoms with Crippen molar-refractivity contribution in [2.24, 2.45) is 0 Å². The molecule has 19 heavy (non-hydrogen) atoms. The highest BCUT2D eigenvalue weighted by atomic mass is 32.1. The lowest BCUT2D eigenvalue weighted by Crippen LogP contribution is -2.11. The summed E-state index contributed by atoms with van der Waals surface area (Å²) in [5.74, 6) is -0.0890. The molecule has 1 aromatic heterocycles. The van der Waals surface area contributed by atoms with Crippen LogP contribution in [0.2, 0.25) is 0 Å². The lowest BCUT2D eigenvalue weighted by molar-refractivity contribution is -0.114. The molecule has 0 radical (unpaired) electrons. The van der Waals surface area contributed by atoms with E-state index >= 15 is 0 Å². The van der Waals surface area contributed by atoms with Crippen LogP contribution in [-0.4, -0.2) is 17.6 Å². The van der Waals surface area contributed by atoms with Crippen molar-refractivity contribution in [2.45, 2.75) is 13.0 Å². The van der Waals surface area contributed by atoms with E-state index in [0.29, 0.717) is 6.54 Å². The average molecular weight is 276 g/mol. The van der Waals surface area contributed by atoms with E-state index in [1.54, 1.807) is 0 Å². The Kier molecular flexibility index (Phi) is 4.54. The summed E-state index contributed by atoms with van der Waals surface area (Å²) in [7, 11) is 0. The molecule has 0 aliphatic heterocycles. The number of hydrogen-bond acceptors (Lipinski definition) is 4. The molecule has 5 heteroatoms.